The number of halogens is 1. The van der Waals surface area contributed by atoms with Crippen LogP contribution in [0.15, 0.2) is 32.7 Å². The number of nitrogens with zero attached hydrogens (tertiary/aromatic N) is 2. The third kappa shape index (κ3) is 3.48. The van der Waals surface area contributed by atoms with E-state index in [9.17, 15) is 0 Å². The molecule has 2 aromatic rings. The third-order valence-corrected chi connectivity index (χ3v) is 3.47. The van der Waals surface area contributed by atoms with Crippen molar-refractivity contribution in [3.63, 3.8) is 0 Å². The van der Waals surface area contributed by atoms with Crippen molar-refractivity contribution in [2.24, 2.45) is 0 Å². The molecular weight excluding hydrogens is 270 g/mol. The molecule has 0 fully saturated rings. The Hall–Kier alpha value is -1.04. The number of benzene rings is 1. The van der Waals surface area contributed by atoms with E-state index >= 15 is 0 Å². The van der Waals surface area contributed by atoms with E-state index in [0.29, 0.717) is 16.1 Å². The summed E-state index contributed by atoms with van der Waals surface area (Å²) in [6, 6.07) is 5.81. The number of hydrogen-bond donors (Lipinski definition) is 1. The maximum Gasteiger partial charge on any atom is 0.281 e. The van der Waals surface area contributed by atoms with Crippen LogP contribution in [0.1, 0.15) is 18.4 Å². The van der Waals surface area contributed by atoms with Crippen LogP contribution in [-0.2, 0) is 6.54 Å². The van der Waals surface area contributed by atoms with E-state index in [0.717, 1.165) is 18.0 Å². The summed E-state index contributed by atoms with van der Waals surface area (Å²) in [5.41, 5.74) is 1.17. The van der Waals surface area contributed by atoms with Crippen LogP contribution in [0.4, 0.5) is 0 Å². The molecule has 18 heavy (non-hydrogen) atoms. The summed E-state index contributed by atoms with van der Waals surface area (Å²) >= 11 is 7.46. The second-order valence-corrected chi connectivity index (χ2v) is 5.15. The summed E-state index contributed by atoms with van der Waals surface area (Å²) in [4.78, 5) is 1.03. The zero-order valence-electron chi connectivity index (χ0n) is 10.2. The number of rotatable bonds is 5. The highest BCUT2D eigenvalue weighted by Crippen LogP contribution is 2.31. The first-order valence-electron chi connectivity index (χ1n) is 5.66. The quantitative estimate of drug-likeness (QED) is 0.912. The summed E-state index contributed by atoms with van der Waals surface area (Å²) < 4.78 is 5.36. The molecule has 4 nitrogen and oxygen atoms in total. The third-order valence-electron chi connectivity index (χ3n) is 2.30. The Balaban J connectivity index is 2.21. The van der Waals surface area contributed by atoms with Gasteiger partial charge >= 0.3 is 0 Å². The standard InChI is InChI=1S/C12H14ClN3OS/c1-3-14-7-9-4-5-10(13)6-11(9)18-12-16-15-8(2)17-12/h4-6,14H,3,7H2,1-2H3. The van der Waals surface area contributed by atoms with Gasteiger partial charge in [0.2, 0.25) is 5.89 Å². The monoisotopic (exact) mass is 283 g/mol. The lowest BCUT2D eigenvalue weighted by atomic mass is 10.2. The summed E-state index contributed by atoms with van der Waals surface area (Å²) in [5, 5.41) is 12.3. The Morgan fingerprint density at radius 3 is 2.89 bits per heavy atom. The van der Waals surface area contributed by atoms with Crippen molar-refractivity contribution in [2.75, 3.05) is 6.54 Å². The van der Waals surface area contributed by atoms with E-state index < -0.39 is 0 Å². The van der Waals surface area contributed by atoms with Crippen LogP contribution in [0.3, 0.4) is 0 Å². The van der Waals surface area contributed by atoms with Crippen molar-refractivity contribution in [3.8, 4) is 0 Å². The van der Waals surface area contributed by atoms with Crippen LogP contribution >= 0.6 is 23.4 Å². The maximum absolute atomic E-state index is 6.02. The van der Waals surface area contributed by atoms with Gasteiger partial charge in [-0.1, -0.05) is 24.6 Å². The van der Waals surface area contributed by atoms with Crippen molar-refractivity contribution >= 4 is 23.4 Å². The van der Waals surface area contributed by atoms with Crippen molar-refractivity contribution in [1.82, 2.24) is 15.5 Å². The molecule has 0 atom stereocenters. The first kappa shape index (κ1) is 13.4. The zero-order chi connectivity index (χ0) is 13.0. The van der Waals surface area contributed by atoms with Gasteiger partial charge < -0.3 is 9.73 Å². The van der Waals surface area contributed by atoms with Crippen LogP contribution < -0.4 is 5.32 Å². The van der Waals surface area contributed by atoms with Gasteiger partial charge in [-0.05, 0) is 36.0 Å². The van der Waals surface area contributed by atoms with Gasteiger partial charge in [-0.3, -0.25) is 0 Å². The van der Waals surface area contributed by atoms with Gasteiger partial charge in [0, 0.05) is 23.4 Å². The van der Waals surface area contributed by atoms with Crippen molar-refractivity contribution in [3.05, 3.63) is 34.7 Å². The number of aromatic nitrogens is 2. The molecule has 1 N–H and O–H groups in total. The molecule has 1 heterocycles. The number of aryl methyl sites for hydroxylation is 1. The average Bonchev–Trinajstić information content (AvgIpc) is 2.74. The molecule has 0 radical (unpaired) electrons. The summed E-state index contributed by atoms with van der Waals surface area (Å²) in [7, 11) is 0. The Labute approximate surface area is 115 Å². The van der Waals surface area contributed by atoms with E-state index in [2.05, 4.69) is 22.4 Å². The fourth-order valence-corrected chi connectivity index (χ4v) is 2.57. The molecule has 0 saturated heterocycles. The first-order valence-corrected chi connectivity index (χ1v) is 6.85. The second kappa shape index (κ2) is 6.22. The minimum Gasteiger partial charge on any atom is -0.416 e. The van der Waals surface area contributed by atoms with E-state index in [1.165, 1.54) is 17.3 Å². The van der Waals surface area contributed by atoms with Gasteiger partial charge in [-0.2, -0.15) is 0 Å². The van der Waals surface area contributed by atoms with E-state index in [1.807, 2.05) is 18.2 Å². The Kier molecular flexibility index (Phi) is 4.63. The largest absolute Gasteiger partial charge is 0.416 e. The fourth-order valence-electron chi connectivity index (χ4n) is 1.44. The van der Waals surface area contributed by atoms with Crippen LogP contribution in [0.25, 0.3) is 0 Å². The lowest BCUT2D eigenvalue weighted by Crippen LogP contribution is -2.12. The highest BCUT2D eigenvalue weighted by molar-refractivity contribution is 7.99. The topological polar surface area (TPSA) is 51.0 Å². The van der Waals surface area contributed by atoms with E-state index in [1.54, 1.807) is 6.92 Å². The molecular formula is C12H14ClN3OS. The second-order valence-electron chi connectivity index (χ2n) is 3.72. The normalized spacial score (nSPS) is 10.8. The molecule has 0 bridgehead atoms. The van der Waals surface area contributed by atoms with Gasteiger partial charge in [-0.15, -0.1) is 10.2 Å². The summed E-state index contributed by atoms with van der Waals surface area (Å²) in [5.74, 6) is 0.563. The Bertz CT molecular complexity index is 530. The van der Waals surface area contributed by atoms with Crippen LogP contribution in [0.5, 0.6) is 0 Å². The van der Waals surface area contributed by atoms with Crippen molar-refractivity contribution in [2.45, 2.75) is 30.5 Å². The van der Waals surface area contributed by atoms with Gasteiger partial charge in [0.25, 0.3) is 5.22 Å². The molecule has 0 aliphatic heterocycles. The molecule has 0 unspecified atom stereocenters. The Morgan fingerprint density at radius 1 is 1.39 bits per heavy atom. The first-order chi connectivity index (χ1) is 8.69. The molecule has 2 rings (SSSR count). The minimum absolute atomic E-state index is 0.535. The van der Waals surface area contributed by atoms with Crippen LogP contribution in [-0.4, -0.2) is 16.7 Å². The van der Waals surface area contributed by atoms with Gasteiger partial charge in [0.15, 0.2) is 0 Å². The predicted molar refractivity (Wildman–Crippen MR) is 72.0 cm³/mol. The lowest BCUT2D eigenvalue weighted by Gasteiger charge is -2.08. The average molecular weight is 284 g/mol. The molecule has 0 spiro atoms. The smallest absolute Gasteiger partial charge is 0.281 e. The molecule has 1 aromatic carbocycles. The van der Waals surface area contributed by atoms with Crippen LogP contribution in [0.2, 0.25) is 5.02 Å². The number of hydrogen-bond acceptors (Lipinski definition) is 5. The molecule has 0 aliphatic rings. The van der Waals surface area contributed by atoms with Crippen LogP contribution in [0, 0.1) is 6.92 Å². The zero-order valence-corrected chi connectivity index (χ0v) is 11.8. The predicted octanol–water partition coefficient (Wildman–Crippen LogP) is 3.29. The molecule has 1 aromatic heterocycles. The minimum atomic E-state index is 0.535. The maximum atomic E-state index is 6.02. The summed E-state index contributed by atoms with van der Waals surface area (Å²) in [6.07, 6.45) is 0. The SMILES string of the molecule is CCNCc1ccc(Cl)cc1Sc1nnc(C)o1. The molecule has 6 heteroatoms. The van der Waals surface area contributed by atoms with E-state index in [4.69, 9.17) is 16.0 Å². The number of nitrogens with one attached hydrogen (secondary N) is 1. The fraction of sp³-hybridized carbons (Fsp3) is 0.333. The van der Waals surface area contributed by atoms with Crippen molar-refractivity contribution in [1.29, 1.82) is 0 Å². The van der Waals surface area contributed by atoms with E-state index in [-0.39, 0.29) is 0 Å². The molecule has 96 valence electrons. The van der Waals surface area contributed by atoms with Gasteiger partial charge in [-0.25, -0.2) is 0 Å². The molecule has 0 aliphatic carbocycles. The molecule has 0 saturated carbocycles. The highest BCUT2D eigenvalue weighted by atomic mass is 35.5. The van der Waals surface area contributed by atoms with Crippen molar-refractivity contribution < 1.29 is 4.42 Å². The van der Waals surface area contributed by atoms with Gasteiger partial charge in [0.05, 0.1) is 0 Å². The lowest BCUT2D eigenvalue weighted by molar-refractivity contribution is 0.429. The molecule has 0 amide bonds. The highest BCUT2D eigenvalue weighted by Gasteiger charge is 2.09. The summed E-state index contributed by atoms with van der Waals surface area (Å²) in [6.45, 7) is 5.56. The Morgan fingerprint density at radius 2 is 2.22 bits per heavy atom. The van der Waals surface area contributed by atoms with Gasteiger partial charge in [0.1, 0.15) is 0 Å².